The molecule has 3 rings (SSSR count). The summed E-state index contributed by atoms with van der Waals surface area (Å²) in [5.41, 5.74) is -0.168. The summed E-state index contributed by atoms with van der Waals surface area (Å²) in [5, 5.41) is 7.73. The average Bonchev–Trinajstić information content (AvgIpc) is 2.59. The van der Waals surface area contributed by atoms with Gasteiger partial charge in [0, 0.05) is 32.7 Å². The van der Waals surface area contributed by atoms with Crippen molar-refractivity contribution in [2.45, 2.75) is 6.42 Å². The van der Waals surface area contributed by atoms with Gasteiger partial charge in [0.15, 0.2) is 0 Å². The van der Waals surface area contributed by atoms with Gasteiger partial charge in [-0.3, -0.25) is 4.79 Å². The summed E-state index contributed by atoms with van der Waals surface area (Å²) in [5.74, 6) is 1.87. The molecule has 3 aromatic rings. The lowest BCUT2D eigenvalue weighted by Crippen LogP contribution is -2.13. The van der Waals surface area contributed by atoms with Crippen LogP contribution in [-0.2, 0) is 4.74 Å². The summed E-state index contributed by atoms with van der Waals surface area (Å²) < 4.78 is 5.04. The van der Waals surface area contributed by atoms with Crippen molar-refractivity contribution in [3.05, 3.63) is 53.1 Å². The maximum atomic E-state index is 12.2. The number of fused-ring (bicyclic) bond motifs is 1. The molecular formula is C17H19N5O2. The van der Waals surface area contributed by atoms with Crippen molar-refractivity contribution in [1.82, 2.24) is 15.0 Å². The molecule has 0 bridgehead atoms. The van der Waals surface area contributed by atoms with E-state index in [1.54, 1.807) is 19.5 Å². The number of hydrogen-bond donors (Lipinski definition) is 3. The molecule has 3 aromatic heterocycles. The Hall–Kier alpha value is -2.93. The third kappa shape index (κ3) is 3.69. The molecular weight excluding hydrogens is 306 g/mol. The quantitative estimate of drug-likeness (QED) is 0.578. The number of aromatic amines is 1. The van der Waals surface area contributed by atoms with Crippen molar-refractivity contribution >= 4 is 28.2 Å². The number of methoxy groups -OCH3 is 1. The highest BCUT2D eigenvalue weighted by molar-refractivity contribution is 5.93. The standard InChI is InChI=1S/C17H19N5O2/c1-24-10-4-8-19-16-15-12(6-9-20-17(15)23)11-14(22-16)21-13-5-2-3-7-18-13/h2-3,5-7,9,11H,4,8,10H2,1H3,(H,20,23)(H2,18,19,21,22). The fourth-order valence-corrected chi connectivity index (χ4v) is 2.40. The first-order valence-corrected chi connectivity index (χ1v) is 7.71. The normalized spacial score (nSPS) is 10.7. The number of nitrogens with one attached hydrogen (secondary N) is 3. The first kappa shape index (κ1) is 15.9. The van der Waals surface area contributed by atoms with Crippen molar-refractivity contribution in [2.75, 3.05) is 30.9 Å². The Morgan fingerprint density at radius 2 is 2.17 bits per heavy atom. The molecule has 0 spiro atoms. The zero-order valence-corrected chi connectivity index (χ0v) is 13.4. The van der Waals surface area contributed by atoms with Crippen molar-refractivity contribution in [3.8, 4) is 0 Å². The summed E-state index contributed by atoms with van der Waals surface area (Å²) >= 11 is 0. The van der Waals surface area contributed by atoms with Crippen molar-refractivity contribution in [3.63, 3.8) is 0 Å². The molecule has 7 heteroatoms. The van der Waals surface area contributed by atoms with Crippen molar-refractivity contribution in [2.24, 2.45) is 0 Å². The Labute approximate surface area is 139 Å². The predicted octanol–water partition coefficient (Wildman–Crippen LogP) is 2.51. The zero-order chi connectivity index (χ0) is 16.8. The largest absolute Gasteiger partial charge is 0.385 e. The van der Waals surface area contributed by atoms with Crippen LogP contribution in [-0.4, -0.2) is 35.2 Å². The van der Waals surface area contributed by atoms with E-state index in [4.69, 9.17) is 4.74 Å². The Bertz CT molecular complexity index is 864. The van der Waals surface area contributed by atoms with Crippen LogP contribution in [0.4, 0.5) is 17.5 Å². The number of ether oxygens (including phenoxy) is 1. The maximum absolute atomic E-state index is 12.2. The van der Waals surface area contributed by atoms with E-state index in [9.17, 15) is 4.79 Å². The van der Waals surface area contributed by atoms with Gasteiger partial charge < -0.3 is 20.4 Å². The van der Waals surface area contributed by atoms with Crippen LogP contribution in [0.25, 0.3) is 10.8 Å². The molecule has 0 fully saturated rings. The van der Waals surface area contributed by atoms with Gasteiger partial charge in [-0.2, -0.15) is 0 Å². The Morgan fingerprint density at radius 1 is 1.25 bits per heavy atom. The number of aromatic nitrogens is 3. The number of rotatable bonds is 7. The van der Waals surface area contributed by atoms with Crippen LogP contribution < -0.4 is 16.2 Å². The van der Waals surface area contributed by atoms with E-state index < -0.39 is 0 Å². The van der Waals surface area contributed by atoms with Gasteiger partial charge in [0.2, 0.25) is 0 Å². The van der Waals surface area contributed by atoms with E-state index in [1.807, 2.05) is 30.3 Å². The summed E-state index contributed by atoms with van der Waals surface area (Å²) in [6.07, 6.45) is 4.16. The van der Waals surface area contributed by atoms with Gasteiger partial charge in [0.25, 0.3) is 5.56 Å². The fourth-order valence-electron chi connectivity index (χ4n) is 2.40. The van der Waals surface area contributed by atoms with Crippen LogP contribution in [0.5, 0.6) is 0 Å². The molecule has 0 unspecified atom stereocenters. The van der Waals surface area contributed by atoms with E-state index >= 15 is 0 Å². The van der Waals surface area contributed by atoms with E-state index in [-0.39, 0.29) is 5.56 Å². The lowest BCUT2D eigenvalue weighted by Gasteiger charge is -2.11. The molecule has 24 heavy (non-hydrogen) atoms. The highest BCUT2D eigenvalue weighted by Crippen LogP contribution is 2.23. The minimum Gasteiger partial charge on any atom is -0.385 e. The van der Waals surface area contributed by atoms with Gasteiger partial charge in [-0.1, -0.05) is 6.07 Å². The van der Waals surface area contributed by atoms with E-state index in [0.29, 0.717) is 36.0 Å². The molecule has 0 aliphatic heterocycles. The molecule has 0 saturated carbocycles. The molecule has 3 N–H and O–H groups in total. The number of pyridine rings is 3. The zero-order valence-electron chi connectivity index (χ0n) is 13.4. The molecule has 124 valence electrons. The minimum absolute atomic E-state index is 0.168. The topological polar surface area (TPSA) is 91.9 Å². The first-order chi connectivity index (χ1) is 11.8. The second kappa shape index (κ2) is 7.56. The van der Waals surface area contributed by atoms with Crippen LogP contribution >= 0.6 is 0 Å². The van der Waals surface area contributed by atoms with Gasteiger partial charge >= 0.3 is 0 Å². The first-order valence-electron chi connectivity index (χ1n) is 7.71. The summed E-state index contributed by atoms with van der Waals surface area (Å²) in [6, 6.07) is 9.28. The molecule has 0 amide bonds. The van der Waals surface area contributed by atoms with Gasteiger partial charge in [0.05, 0.1) is 5.39 Å². The number of hydrogen-bond acceptors (Lipinski definition) is 6. The van der Waals surface area contributed by atoms with Crippen LogP contribution in [0, 0.1) is 0 Å². The Balaban J connectivity index is 1.94. The molecule has 0 aliphatic rings. The van der Waals surface area contributed by atoms with Gasteiger partial charge in [-0.15, -0.1) is 0 Å². The molecule has 0 aliphatic carbocycles. The number of nitrogens with zero attached hydrogens (tertiary/aromatic N) is 2. The molecule has 0 saturated heterocycles. The number of anilines is 3. The monoisotopic (exact) mass is 325 g/mol. The summed E-state index contributed by atoms with van der Waals surface area (Å²) in [4.78, 5) is 23.6. The smallest absolute Gasteiger partial charge is 0.259 e. The SMILES string of the molecule is COCCCNc1nc(Nc2ccccn2)cc2cc[nH]c(=O)c12. The number of H-pyrrole nitrogens is 1. The molecule has 7 nitrogen and oxygen atoms in total. The summed E-state index contributed by atoms with van der Waals surface area (Å²) in [7, 11) is 1.66. The van der Waals surface area contributed by atoms with Gasteiger partial charge in [-0.05, 0) is 36.1 Å². The molecule has 3 heterocycles. The van der Waals surface area contributed by atoms with Crippen LogP contribution in [0.2, 0.25) is 0 Å². The average molecular weight is 325 g/mol. The van der Waals surface area contributed by atoms with Crippen molar-refractivity contribution in [1.29, 1.82) is 0 Å². The molecule has 0 atom stereocenters. The third-order valence-electron chi connectivity index (χ3n) is 3.49. The second-order valence-corrected chi connectivity index (χ2v) is 5.24. The van der Waals surface area contributed by atoms with Gasteiger partial charge in [-0.25, -0.2) is 9.97 Å². The van der Waals surface area contributed by atoms with Gasteiger partial charge in [0.1, 0.15) is 17.5 Å². The Morgan fingerprint density at radius 3 is 2.96 bits per heavy atom. The third-order valence-corrected chi connectivity index (χ3v) is 3.49. The molecule has 0 aromatic carbocycles. The lowest BCUT2D eigenvalue weighted by atomic mass is 10.2. The van der Waals surface area contributed by atoms with E-state index in [2.05, 4.69) is 25.6 Å². The fraction of sp³-hybridized carbons (Fsp3) is 0.235. The van der Waals surface area contributed by atoms with Crippen LogP contribution in [0.3, 0.4) is 0 Å². The minimum atomic E-state index is -0.168. The highest BCUT2D eigenvalue weighted by Gasteiger charge is 2.09. The predicted molar refractivity (Wildman–Crippen MR) is 94.9 cm³/mol. The van der Waals surface area contributed by atoms with Crippen LogP contribution in [0.1, 0.15) is 6.42 Å². The summed E-state index contributed by atoms with van der Waals surface area (Å²) in [6.45, 7) is 1.31. The lowest BCUT2D eigenvalue weighted by molar-refractivity contribution is 0.198. The Kier molecular flexibility index (Phi) is 5.02. The highest BCUT2D eigenvalue weighted by atomic mass is 16.5. The van der Waals surface area contributed by atoms with Crippen molar-refractivity contribution < 1.29 is 4.74 Å². The van der Waals surface area contributed by atoms with E-state index in [1.165, 1.54) is 0 Å². The van der Waals surface area contributed by atoms with E-state index in [0.717, 1.165) is 11.8 Å². The molecule has 0 radical (unpaired) electrons. The maximum Gasteiger partial charge on any atom is 0.259 e. The van der Waals surface area contributed by atoms with Crippen LogP contribution in [0.15, 0.2) is 47.5 Å². The second-order valence-electron chi connectivity index (χ2n) is 5.24.